The van der Waals surface area contributed by atoms with Crippen LogP contribution in [0.2, 0.25) is 0 Å². The van der Waals surface area contributed by atoms with Gasteiger partial charge in [0.25, 0.3) is 0 Å². The smallest absolute Gasteiger partial charge is 0.170 e. The third kappa shape index (κ3) is 2.68. The molecule has 0 amide bonds. The van der Waals surface area contributed by atoms with Crippen LogP contribution in [0.3, 0.4) is 0 Å². The third-order valence-electron chi connectivity index (χ3n) is 4.88. The molecule has 2 heterocycles. The van der Waals surface area contributed by atoms with Gasteiger partial charge in [-0.15, -0.1) is 0 Å². The van der Waals surface area contributed by atoms with Crippen LogP contribution in [-0.4, -0.2) is 29.4 Å². The molecule has 1 unspecified atom stereocenters. The highest BCUT2D eigenvalue weighted by Gasteiger charge is 2.45. The predicted molar refractivity (Wildman–Crippen MR) is 89.8 cm³/mol. The summed E-state index contributed by atoms with van der Waals surface area (Å²) in [4.78, 5) is 14.8. The second-order valence-electron chi connectivity index (χ2n) is 6.65. The SMILES string of the molecule is N#Cc1ccc(CN2CCC3(CC(=O)c4ccccc4O3)C2)cc1. The van der Waals surface area contributed by atoms with Crippen molar-refractivity contribution >= 4 is 5.78 Å². The molecular formula is C20H18N2O2. The highest BCUT2D eigenvalue weighted by Crippen LogP contribution is 2.38. The number of benzene rings is 2. The van der Waals surface area contributed by atoms with E-state index in [9.17, 15) is 4.79 Å². The minimum atomic E-state index is -0.391. The van der Waals surface area contributed by atoms with E-state index >= 15 is 0 Å². The maximum Gasteiger partial charge on any atom is 0.170 e. The van der Waals surface area contributed by atoms with Crippen LogP contribution >= 0.6 is 0 Å². The maximum absolute atomic E-state index is 12.5. The fraction of sp³-hybridized carbons (Fsp3) is 0.300. The van der Waals surface area contributed by atoms with Gasteiger partial charge in [0.2, 0.25) is 0 Å². The number of nitriles is 1. The molecule has 0 saturated carbocycles. The average molecular weight is 318 g/mol. The summed E-state index contributed by atoms with van der Waals surface area (Å²) in [6.45, 7) is 2.48. The molecule has 2 aliphatic rings. The van der Waals surface area contributed by atoms with E-state index in [1.54, 1.807) is 0 Å². The summed E-state index contributed by atoms with van der Waals surface area (Å²) >= 11 is 0. The molecule has 120 valence electrons. The molecule has 0 radical (unpaired) electrons. The van der Waals surface area contributed by atoms with Crippen LogP contribution in [0.25, 0.3) is 0 Å². The van der Waals surface area contributed by atoms with Gasteiger partial charge in [-0.25, -0.2) is 0 Å². The molecule has 1 spiro atoms. The van der Waals surface area contributed by atoms with Gasteiger partial charge in [0.1, 0.15) is 11.4 Å². The van der Waals surface area contributed by atoms with Crippen LogP contribution in [-0.2, 0) is 6.54 Å². The first kappa shape index (κ1) is 14.9. The van der Waals surface area contributed by atoms with Crippen molar-refractivity contribution in [1.82, 2.24) is 4.90 Å². The van der Waals surface area contributed by atoms with E-state index in [4.69, 9.17) is 10.00 Å². The van der Waals surface area contributed by atoms with Gasteiger partial charge in [-0.3, -0.25) is 9.69 Å². The number of carbonyl (C=O) groups excluding carboxylic acids is 1. The van der Waals surface area contributed by atoms with E-state index in [0.29, 0.717) is 23.3 Å². The number of hydrogen-bond donors (Lipinski definition) is 0. The molecule has 2 aromatic carbocycles. The predicted octanol–water partition coefficient (Wildman–Crippen LogP) is 3.17. The fourth-order valence-corrected chi connectivity index (χ4v) is 3.68. The Labute approximate surface area is 141 Å². The number of fused-ring (bicyclic) bond motifs is 1. The Hall–Kier alpha value is -2.64. The zero-order valence-corrected chi connectivity index (χ0v) is 13.4. The first-order valence-corrected chi connectivity index (χ1v) is 8.20. The lowest BCUT2D eigenvalue weighted by atomic mass is 9.89. The molecule has 0 aliphatic carbocycles. The Morgan fingerprint density at radius 2 is 1.96 bits per heavy atom. The summed E-state index contributed by atoms with van der Waals surface area (Å²) in [7, 11) is 0. The van der Waals surface area contributed by atoms with Crippen molar-refractivity contribution in [2.75, 3.05) is 13.1 Å². The van der Waals surface area contributed by atoms with E-state index in [1.165, 1.54) is 5.56 Å². The van der Waals surface area contributed by atoms with E-state index in [-0.39, 0.29) is 5.78 Å². The van der Waals surface area contributed by atoms with Crippen molar-refractivity contribution < 1.29 is 9.53 Å². The summed E-state index contributed by atoms with van der Waals surface area (Å²) in [6.07, 6.45) is 1.32. The zero-order chi connectivity index (χ0) is 16.6. The monoisotopic (exact) mass is 318 g/mol. The van der Waals surface area contributed by atoms with E-state index < -0.39 is 5.60 Å². The third-order valence-corrected chi connectivity index (χ3v) is 4.88. The minimum absolute atomic E-state index is 0.178. The standard InChI is InChI=1S/C20H18N2O2/c21-12-15-5-7-16(8-6-15)13-22-10-9-20(14-22)11-18(23)17-3-1-2-4-19(17)24-20/h1-8H,9-11,13-14H2. The molecule has 2 aromatic rings. The summed E-state index contributed by atoms with van der Waals surface area (Å²) in [5.74, 6) is 0.894. The molecule has 1 fully saturated rings. The molecule has 1 atom stereocenters. The van der Waals surface area contributed by atoms with Gasteiger partial charge in [-0.1, -0.05) is 24.3 Å². The lowest BCUT2D eigenvalue weighted by Gasteiger charge is -2.34. The van der Waals surface area contributed by atoms with Crippen LogP contribution in [0.15, 0.2) is 48.5 Å². The number of nitrogens with zero attached hydrogens (tertiary/aromatic N) is 2. The van der Waals surface area contributed by atoms with Crippen molar-refractivity contribution in [2.45, 2.75) is 25.0 Å². The van der Waals surface area contributed by atoms with Gasteiger partial charge in [0, 0.05) is 26.1 Å². The van der Waals surface area contributed by atoms with Crippen LogP contribution in [0.5, 0.6) is 5.75 Å². The van der Waals surface area contributed by atoms with Gasteiger partial charge < -0.3 is 4.74 Å². The normalized spacial score (nSPS) is 22.9. The van der Waals surface area contributed by atoms with E-state index in [1.807, 2.05) is 48.5 Å². The van der Waals surface area contributed by atoms with E-state index in [2.05, 4.69) is 11.0 Å². The molecule has 4 heteroatoms. The minimum Gasteiger partial charge on any atom is -0.485 e. The number of likely N-dealkylation sites (tertiary alicyclic amines) is 1. The number of ether oxygens (including phenoxy) is 1. The van der Waals surface area contributed by atoms with Crippen LogP contribution < -0.4 is 4.74 Å². The number of hydrogen-bond acceptors (Lipinski definition) is 4. The quantitative estimate of drug-likeness (QED) is 0.853. The summed E-state index contributed by atoms with van der Waals surface area (Å²) in [5.41, 5.74) is 2.16. The van der Waals surface area contributed by atoms with Crippen molar-refractivity contribution in [1.29, 1.82) is 5.26 Å². The molecule has 0 N–H and O–H groups in total. The second kappa shape index (κ2) is 5.77. The Bertz CT molecular complexity index is 822. The first-order chi connectivity index (χ1) is 11.7. The number of para-hydroxylation sites is 1. The van der Waals surface area contributed by atoms with Crippen LogP contribution in [0.4, 0.5) is 0 Å². The summed E-state index contributed by atoms with van der Waals surface area (Å²) < 4.78 is 6.25. The van der Waals surface area contributed by atoms with Gasteiger partial charge in [-0.05, 0) is 29.8 Å². The van der Waals surface area contributed by atoms with Crippen molar-refractivity contribution in [3.05, 3.63) is 65.2 Å². The molecule has 0 aromatic heterocycles. The van der Waals surface area contributed by atoms with Gasteiger partial charge in [0.05, 0.1) is 23.6 Å². The number of Topliss-reactive ketones (excluding diaryl/α,β-unsaturated/α-hetero) is 1. The molecule has 2 aliphatic heterocycles. The number of carbonyl (C=O) groups is 1. The average Bonchev–Trinajstić information content (AvgIpc) is 2.97. The topological polar surface area (TPSA) is 53.3 Å². The number of rotatable bonds is 2. The number of ketones is 1. The van der Waals surface area contributed by atoms with Gasteiger partial charge >= 0.3 is 0 Å². The Morgan fingerprint density at radius 1 is 1.17 bits per heavy atom. The second-order valence-corrected chi connectivity index (χ2v) is 6.65. The van der Waals surface area contributed by atoms with E-state index in [0.717, 1.165) is 26.1 Å². The zero-order valence-electron chi connectivity index (χ0n) is 13.4. The molecule has 1 saturated heterocycles. The molecule has 4 rings (SSSR count). The van der Waals surface area contributed by atoms with Crippen LogP contribution in [0.1, 0.15) is 34.3 Å². The van der Waals surface area contributed by atoms with Crippen molar-refractivity contribution in [3.8, 4) is 11.8 Å². The Morgan fingerprint density at radius 3 is 2.75 bits per heavy atom. The first-order valence-electron chi connectivity index (χ1n) is 8.20. The molecular weight excluding hydrogens is 300 g/mol. The lowest BCUT2D eigenvalue weighted by molar-refractivity contribution is 0.0455. The Kier molecular flexibility index (Phi) is 3.59. The fourth-order valence-electron chi connectivity index (χ4n) is 3.68. The molecule has 24 heavy (non-hydrogen) atoms. The van der Waals surface area contributed by atoms with Crippen LogP contribution in [0, 0.1) is 11.3 Å². The lowest BCUT2D eigenvalue weighted by Crippen LogP contribution is -2.44. The highest BCUT2D eigenvalue weighted by molar-refractivity contribution is 6.00. The van der Waals surface area contributed by atoms with Crippen molar-refractivity contribution in [2.24, 2.45) is 0 Å². The van der Waals surface area contributed by atoms with Gasteiger partial charge in [0.15, 0.2) is 5.78 Å². The summed E-state index contributed by atoms with van der Waals surface area (Å²) in [5, 5.41) is 8.87. The summed E-state index contributed by atoms with van der Waals surface area (Å²) in [6, 6.07) is 17.3. The van der Waals surface area contributed by atoms with Crippen molar-refractivity contribution in [3.63, 3.8) is 0 Å². The highest BCUT2D eigenvalue weighted by atomic mass is 16.5. The molecule has 4 nitrogen and oxygen atoms in total. The Balaban J connectivity index is 1.48. The largest absolute Gasteiger partial charge is 0.485 e. The maximum atomic E-state index is 12.5. The molecule has 0 bridgehead atoms. The van der Waals surface area contributed by atoms with Gasteiger partial charge in [-0.2, -0.15) is 5.26 Å².